The molecule has 1 amide bonds. The van der Waals surface area contributed by atoms with Crippen LogP contribution in [0.1, 0.15) is 26.3 Å². The number of anilines is 1. The van der Waals surface area contributed by atoms with Crippen molar-refractivity contribution >= 4 is 33.3 Å². The van der Waals surface area contributed by atoms with Crippen LogP contribution in [0.3, 0.4) is 0 Å². The van der Waals surface area contributed by atoms with Gasteiger partial charge < -0.3 is 20.1 Å². The molecule has 0 spiro atoms. The van der Waals surface area contributed by atoms with Crippen LogP contribution in [-0.4, -0.2) is 37.4 Å². The van der Waals surface area contributed by atoms with Gasteiger partial charge in [0.15, 0.2) is 17.3 Å². The Kier molecular flexibility index (Phi) is 5.23. The van der Waals surface area contributed by atoms with Crippen LogP contribution >= 0.6 is 15.9 Å². The fourth-order valence-corrected chi connectivity index (χ4v) is 3.54. The molecule has 0 radical (unpaired) electrons. The zero-order valence-electron chi connectivity index (χ0n) is 15.0. The molecule has 0 aliphatic carbocycles. The molecular weight excluding hydrogens is 412 g/mol. The van der Waals surface area contributed by atoms with Gasteiger partial charge in [-0.25, -0.2) is 0 Å². The van der Waals surface area contributed by atoms with E-state index in [1.54, 1.807) is 29.2 Å². The van der Waals surface area contributed by atoms with Crippen molar-refractivity contribution in [3.05, 3.63) is 63.6 Å². The van der Waals surface area contributed by atoms with E-state index in [0.717, 1.165) is 10.0 Å². The van der Waals surface area contributed by atoms with E-state index in [9.17, 15) is 9.59 Å². The van der Waals surface area contributed by atoms with E-state index in [0.29, 0.717) is 40.4 Å². The molecule has 2 N–H and O–H groups in total. The molecule has 2 aromatic carbocycles. The molecule has 0 saturated carbocycles. The predicted octanol–water partition coefficient (Wildman–Crippen LogP) is 3.44. The molecule has 0 unspecified atom stereocenters. The van der Waals surface area contributed by atoms with Crippen LogP contribution in [0.5, 0.6) is 11.5 Å². The van der Waals surface area contributed by atoms with E-state index in [1.807, 2.05) is 6.07 Å². The average molecular weight is 431 g/mol. The summed E-state index contributed by atoms with van der Waals surface area (Å²) in [6.45, 7) is 4.37. The molecule has 3 rings (SSSR count). The van der Waals surface area contributed by atoms with Crippen LogP contribution < -0.4 is 15.2 Å². The van der Waals surface area contributed by atoms with Crippen LogP contribution in [0.15, 0.2) is 47.0 Å². The Hall–Kier alpha value is -2.80. The fourth-order valence-electron chi connectivity index (χ4n) is 3.08. The number of hydrogen-bond acceptors (Lipinski definition) is 5. The quantitative estimate of drug-likeness (QED) is 0.431. The minimum atomic E-state index is -0.258. The summed E-state index contributed by atoms with van der Waals surface area (Å²) in [6.07, 6.45) is 0. The van der Waals surface area contributed by atoms with Crippen LogP contribution in [0.4, 0.5) is 5.69 Å². The summed E-state index contributed by atoms with van der Waals surface area (Å²) in [5.74, 6) is 0.527. The number of halogens is 1. The van der Waals surface area contributed by atoms with Crippen LogP contribution in [0.25, 0.3) is 0 Å². The van der Waals surface area contributed by atoms with Crippen molar-refractivity contribution in [3.63, 3.8) is 0 Å². The zero-order valence-corrected chi connectivity index (χ0v) is 16.6. The number of carbonyl (C=O) groups is 2. The number of ketones is 1. The van der Waals surface area contributed by atoms with E-state index in [2.05, 4.69) is 22.5 Å². The molecule has 7 heteroatoms. The van der Waals surface area contributed by atoms with Crippen molar-refractivity contribution in [2.75, 3.05) is 26.5 Å². The number of fused-ring (bicyclic) bond motifs is 1. The standard InChI is InChI=1S/C20H19BrN2O4/c1-11(19(24)12-4-7-16(26-2)17(8-12)27-3)9-23-10-13-14(21)5-6-15(22)18(13)20(23)25/h4-8H,1,9-10,22H2,2-3H3. The average Bonchev–Trinajstić information content (AvgIpc) is 3.01. The number of ether oxygens (including phenoxy) is 2. The number of rotatable bonds is 6. The highest BCUT2D eigenvalue weighted by Gasteiger charge is 2.32. The van der Waals surface area contributed by atoms with Crippen molar-refractivity contribution in [3.8, 4) is 11.5 Å². The van der Waals surface area contributed by atoms with Crippen LogP contribution in [0, 0.1) is 0 Å². The number of nitrogens with zero attached hydrogens (tertiary/aromatic N) is 1. The molecular formula is C20H19BrN2O4. The molecule has 0 aromatic heterocycles. The number of methoxy groups -OCH3 is 2. The first-order valence-corrected chi connectivity index (χ1v) is 8.97. The van der Waals surface area contributed by atoms with E-state index in [-0.39, 0.29) is 18.2 Å². The molecule has 0 atom stereocenters. The van der Waals surface area contributed by atoms with Gasteiger partial charge in [0.05, 0.1) is 19.8 Å². The third-order valence-electron chi connectivity index (χ3n) is 4.49. The number of nitrogens with two attached hydrogens (primary N) is 1. The summed E-state index contributed by atoms with van der Waals surface area (Å²) in [5, 5.41) is 0. The lowest BCUT2D eigenvalue weighted by Gasteiger charge is -2.17. The molecule has 0 fully saturated rings. The molecule has 2 aromatic rings. The van der Waals surface area contributed by atoms with Crippen molar-refractivity contribution in [1.29, 1.82) is 0 Å². The lowest BCUT2D eigenvalue weighted by atomic mass is 10.0. The number of nitrogen functional groups attached to an aromatic ring is 1. The van der Waals surface area contributed by atoms with E-state index in [4.69, 9.17) is 15.2 Å². The SMILES string of the molecule is C=C(CN1Cc2c(Br)ccc(N)c2C1=O)C(=O)c1ccc(OC)c(OC)c1. The third kappa shape index (κ3) is 3.42. The summed E-state index contributed by atoms with van der Waals surface area (Å²) < 4.78 is 11.2. The Morgan fingerprint density at radius 3 is 2.56 bits per heavy atom. The van der Waals surface area contributed by atoms with Gasteiger partial charge >= 0.3 is 0 Å². The van der Waals surface area contributed by atoms with Crippen molar-refractivity contribution in [2.24, 2.45) is 0 Å². The Labute approximate surface area is 165 Å². The minimum absolute atomic E-state index is 0.118. The summed E-state index contributed by atoms with van der Waals surface area (Å²) in [4.78, 5) is 27.0. The largest absolute Gasteiger partial charge is 0.493 e. The van der Waals surface area contributed by atoms with Gasteiger partial charge in [0.2, 0.25) is 0 Å². The topological polar surface area (TPSA) is 81.9 Å². The van der Waals surface area contributed by atoms with Crippen molar-refractivity contribution in [2.45, 2.75) is 6.54 Å². The fraction of sp³-hybridized carbons (Fsp3) is 0.200. The van der Waals surface area contributed by atoms with Gasteiger partial charge in [-0.2, -0.15) is 0 Å². The van der Waals surface area contributed by atoms with E-state index < -0.39 is 0 Å². The van der Waals surface area contributed by atoms with E-state index in [1.165, 1.54) is 14.2 Å². The monoisotopic (exact) mass is 430 g/mol. The first-order chi connectivity index (χ1) is 12.9. The van der Waals surface area contributed by atoms with Gasteiger partial charge in [-0.05, 0) is 30.3 Å². The molecule has 27 heavy (non-hydrogen) atoms. The lowest BCUT2D eigenvalue weighted by Crippen LogP contribution is -2.28. The van der Waals surface area contributed by atoms with Gasteiger partial charge in [-0.1, -0.05) is 22.5 Å². The number of Topliss-reactive ketones (excluding diaryl/α,β-unsaturated/α-hetero) is 1. The number of benzene rings is 2. The molecule has 140 valence electrons. The zero-order chi connectivity index (χ0) is 19.7. The number of hydrogen-bond donors (Lipinski definition) is 1. The first kappa shape index (κ1) is 19.0. The summed E-state index contributed by atoms with van der Waals surface area (Å²) in [7, 11) is 3.03. The van der Waals surface area contributed by atoms with Crippen molar-refractivity contribution < 1.29 is 19.1 Å². The van der Waals surface area contributed by atoms with Gasteiger partial charge in [-0.3, -0.25) is 9.59 Å². The predicted molar refractivity (Wildman–Crippen MR) is 106 cm³/mol. The molecule has 1 aliphatic heterocycles. The molecule has 0 saturated heterocycles. The Bertz CT molecular complexity index is 955. The van der Waals surface area contributed by atoms with E-state index >= 15 is 0 Å². The lowest BCUT2D eigenvalue weighted by molar-refractivity contribution is 0.0789. The first-order valence-electron chi connectivity index (χ1n) is 8.18. The molecule has 1 heterocycles. The maximum absolute atomic E-state index is 12.7. The number of carbonyl (C=O) groups excluding carboxylic acids is 2. The minimum Gasteiger partial charge on any atom is -0.493 e. The van der Waals surface area contributed by atoms with Crippen LogP contribution in [0.2, 0.25) is 0 Å². The second-order valence-corrected chi connectivity index (χ2v) is 7.01. The Morgan fingerprint density at radius 2 is 1.93 bits per heavy atom. The maximum Gasteiger partial charge on any atom is 0.256 e. The van der Waals surface area contributed by atoms with Crippen LogP contribution in [-0.2, 0) is 6.54 Å². The summed E-state index contributed by atoms with van der Waals surface area (Å²) in [5.41, 5.74) is 8.41. The highest BCUT2D eigenvalue weighted by molar-refractivity contribution is 9.10. The number of amides is 1. The second kappa shape index (κ2) is 7.44. The third-order valence-corrected chi connectivity index (χ3v) is 5.23. The van der Waals surface area contributed by atoms with Gasteiger partial charge in [0, 0.05) is 39.9 Å². The molecule has 1 aliphatic rings. The van der Waals surface area contributed by atoms with Gasteiger partial charge in [0.25, 0.3) is 5.91 Å². The second-order valence-electron chi connectivity index (χ2n) is 6.15. The highest BCUT2D eigenvalue weighted by Crippen LogP contribution is 2.34. The van der Waals surface area contributed by atoms with Crippen molar-refractivity contribution in [1.82, 2.24) is 4.90 Å². The summed E-state index contributed by atoms with van der Waals surface area (Å²) in [6, 6.07) is 8.40. The highest BCUT2D eigenvalue weighted by atomic mass is 79.9. The summed E-state index contributed by atoms with van der Waals surface area (Å²) >= 11 is 3.45. The van der Waals surface area contributed by atoms with Gasteiger partial charge in [-0.15, -0.1) is 0 Å². The smallest absolute Gasteiger partial charge is 0.256 e. The maximum atomic E-state index is 12.7. The molecule has 0 bridgehead atoms. The molecule has 6 nitrogen and oxygen atoms in total. The normalized spacial score (nSPS) is 12.7. The van der Waals surface area contributed by atoms with Gasteiger partial charge in [0.1, 0.15) is 0 Å². The Morgan fingerprint density at radius 1 is 1.22 bits per heavy atom. The Balaban J connectivity index is 1.78.